The van der Waals surface area contributed by atoms with Crippen molar-refractivity contribution in [2.45, 2.75) is 6.42 Å². The normalized spacial score (nSPS) is 10.2. The summed E-state index contributed by atoms with van der Waals surface area (Å²) in [5, 5.41) is 3.54. The zero-order chi connectivity index (χ0) is 15.2. The van der Waals surface area contributed by atoms with E-state index in [1.54, 1.807) is 42.5 Å². The predicted octanol–water partition coefficient (Wildman–Crippen LogP) is 3.98. The second kappa shape index (κ2) is 7.20. The van der Waals surface area contributed by atoms with E-state index >= 15 is 0 Å². The lowest BCUT2D eigenvalue weighted by molar-refractivity contribution is -0.116. The Kier molecular flexibility index (Phi) is 5.31. The molecule has 0 radical (unpaired) electrons. The Morgan fingerprint density at radius 1 is 1.10 bits per heavy atom. The van der Waals surface area contributed by atoms with Crippen LogP contribution in [0.3, 0.4) is 0 Å². The number of rotatable bonds is 5. The van der Waals surface area contributed by atoms with E-state index in [4.69, 9.17) is 33.7 Å². The van der Waals surface area contributed by atoms with Gasteiger partial charge in [-0.1, -0.05) is 41.4 Å². The van der Waals surface area contributed by atoms with Crippen molar-refractivity contribution in [2.24, 2.45) is 0 Å². The molecule has 0 unspecified atom stereocenters. The molecule has 0 spiro atoms. The van der Waals surface area contributed by atoms with E-state index in [1.165, 1.54) is 0 Å². The van der Waals surface area contributed by atoms with Crippen LogP contribution in [0, 0.1) is 0 Å². The summed E-state index contributed by atoms with van der Waals surface area (Å²) < 4.78 is 5.45. The van der Waals surface area contributed by atoms with Gasteiger partial charge in [-0.2, -0.15) is 0 Å². The summed E-state index contributed by atoms with van der Waals surface area (Å²) in [4.78, 5) is 11.8. The summed E-state index contributed by atoms with van der Waals surface area (Å²) in [6.45, 7) is 0.169. The molecular formula is C15H14Cl2N2O2. The molecule has 1 amide bonds. The van der Waals surface area contributed by atoms with Crippen LogP contribution in [0.15, 0.2) is 42.5 Å². The number of nitrogens with one attached hydrogen (secondary N) is 1. The molecule has 0 saturated carbocycles. The monoisotopic (exact) mass is 324 g/mol. The molecule has 0 heterocycles. The Morgan fingerprint density at radius 3 is 2.43 bits per heavy atom. The smallest absolute Gasteiger partial charge is 0.227 e. The molecule has 110 valence electrons. The fourth-order valence-corrected chi connectivity index (χ4v) is 2.20. The summed E-state index contributed by atoms with van der Waals surface area (Å²) in [7, 11) is 0. The first-order valence-electron chi connectivity index (χ1n) is 6.29. The summed E-state index contributed by atoms with van der Waals surface area (Å²) >= 11 is 11.9. The summed E-state index contributed by atoms with van der Waals surface area (Å²) in [5.74, 6) is 0.184. The minimum Gasteiger partial charge on any atom is -0.490 e. The number of carbonyl (C=O) groups is 1. The van der Waals surface area contributed by atoms with E-state index in [0.29, 0.717) is 27.2 Å². The largest absolute Gasteiger partial charge is 0.490 e. The number of hydrogen-bond donors (Lipinski definition) is 2. The van der Waals surface area contributed by atoms with Crippen molar-refractivity contribution in [1.29, 1.82) is 0 Å². The molecule has 0 bridgehead atoms. The molecule has 6 heteroatoms. The van der Waals surface area contributed by atoms with E-state index in [-0.39, 0.29) is 18.9 Å². The fourth-order valence-electron chi connectivity index (χ4n) is 1.69. The number of halogens is 2. The van der Waals surface area contributed by atoms with Crippen molar-refractivity contribution >= 4 is 40.5 Å². The topological polar surface area (TPSA) is 64.3 Å². The Morgan fingerprint density at radius 2 is 1.76 bits per heavy atom. The Hall–Kier alpha value is -1.91. The molecule has 0 aliphatic rings. The third-order valence-electron chi connectivity index (χ3n) is 2.73. The molecule has 0 aromatic heterocycles. The van der Waals surface area contributed by atoms with Crippen LogP contribution in [0.25, 0.3) is 0 Å². The highest BCUT2D eigenvalue weighted by Gasteiger charge is 2.09. The second-order valence-corrected chi connectivity index (χ2v) is 5.10. The van der Waals surface area contributed by atoms with E-state index in [0.717, 1.165) is 0 Å². The predicted molar refractivity (Wildman–Crippen MR) is 86.1 cm³/mol. The Bertz CT molecular complexity index is 627. The number of anilines is 2. The quantitative estimate of drug-likeness (QED) is 0.817. The highest BCUT2D eigenvalue weighted by molar-refractivity contribution is 6.37. The number of amides is 1. The van der Waals surface area contributed by atoms with Crippen LogP contribution in [0.2, 0.25) is 10.0 Å². The lowest BCUT2D eigenvalue weighted by Crippen LogP contribution is -2.16. The number of para-hydroxylation sites is 3. The summed E-state index contributed by atoms with van der Waals surface area (Å²) in [5.41, 5.74) is 6.84. The van der Waals surface area contributed by atoms with E-state index in [9.17, 15) is 4.79 Å². The summed E-state index contributed by atoms with van der Waals surface area (Å²) in [6.07, 6.45) is 0.163. The Labute approximate surface area is 132 Å². The zero-order valence-electron chi connectivity index (χ0n) is 11.1. The lowest BCUT2D eigenvalue weighted by Gasteiger charge is -2.10. The molecule has 0 aliphatic heterocycles. The molecule has 2 rings (SSSR count). The van der Waals surface area contributed by atoms with Crippen LogP contribution in [0.1, 0.15) is 6.42 Å². The van der Waals surface area contributed by atoms with Crippen LogP contribution in [0.4, 0.5) is 11.4 Å². The SMILES string of the molecule is Nc1ccccc1NC(=O)CCOc1c(Cl)cccc1Cl. The van der Waals surface area contributed by atoms with Gasteiger partial charge in [0.05, 0.1) is 34.4 Å². The number of nitrogen functional groups attached to an aromatic ring is 1. The molecular weight excluding hydrogens is 311 g/mol. The molecule has 0 fully saturated rings. The highest BCUT2D eigenvalue weighted by Crippen LogP contribution is 2.32. The van der Waals surface area contributed by atoms with Gasteiger partial charge in [0, 0.05) is 0 Å². The maximum Gasteiger partial charge on any atom is 0.227 e. The minimum absolute atomic E-state index is 0.163. The summed E-state index contributed by atoms with van der Waals surface area (Å²) in [6, 6.07) is 12.1. The van der Waals surface area contributed by atoms with Gasteiger partial charge in [-0.05, 0) is 24.3 Å². The van der Waals surface area contributed by atoms with Gasteiger partial charge in [0.25, 0.3) is 0 Å². The molecule has 21 heavy (non-hydrogen) atoms. The molecule has 0 saturated heterocycles. The van der Waals surface area contributed by atoms with Crippen molar-refractivity contribution in [3.05, 3.63) is 52.5 Å². The van der Waals surface area contributed by atoms with E-state index < -0.39 is 0 Å². The number of carbonyl (C=O) groups excluding carboxylic acids is 1. The van der Waals surface area contributed by atoms with Gasteiger partial charge in [-0.25, -0.2) is 0 Å². The lowest BCUT2D eigenvalue weighted by atomic mass is 10.2. The second-order valence-electron chi connectivity index (χ2n) is 4.28. The molecule has 2 aromatic rings. The molecule has 0 atom stereocenters. The number of nitrogens with two attached hydrogens (primary N) is 1. The van der Waals surface area contributed by atoms with Gasteiger partial charge in [-0.3, -0.25) is 4.79 Å². The first-order chi connectivity index (χ1) is 10.1. The zero-order valence-corrected chi connectivity index (χ0v) is 12.6. The number of ether oxygens (including phenoxy) is 1. The van der Waals surface area contributed by atoms with Gasteiger partial charge >= 0.3 is 0 Å². The molecule has 4 nitrogen and oxygen atoms in total. The van der Waals surface area contributed by atoms with Crippen molar-refractivity contribution in [2.75, 3.05) is 17.7 Å². The van der Waals surface area contributed by atoms with Crippen LogP contribution < -0.4 is 15.8 Å². The molecule has 0 aliphatic carbocycles. The minimum atomic E-state index is -0.198. The number of hydrogen-bond acceptors (Lipinski definition) is 3. The van der Waals surface area contributed by atoms with Crippen LogP contribution in [0.5, 0.6) is 5.75 Å². The average molecular weight is 325 g/mol. The third kappa shape index (κ3) is 4.28. The van der Waals surface area contributed by atoms with Crippen molar-refractivity contribution in [3.63, 3.8) is 0 Å². The van der Waals surface area contributed by atoms with Crippen LogP contribution >= 0.6 is 23.2 Å². The van der Waals surface area contributed by atoms with Crippen molar-refractivity contribution < 1.29 is 9.53 Å². The van der Waals surface area contributed by atoms with Crippen molar-refractivity contribution in [3.8, 4) is 5.75 Å². The van der Waals surface area contributed by atoms with Gasteiger partial charge in [-0.15, -0.1) is 0 Å². The van der Waals surface area contributed by atoms with E-state index in [2.05, 4.69) is 5.32 Å². The van der Waals surface area contributed by atoms with Crippen LogP contribution in [-0.4, -0.2) is 12.5 Å². The Balaban J connectivity index is 1.86. The van der Waals surface area contributed by atoms with Gasteiger partial charge in [0.15, 0.2) is 5.75 Å². The third-order valence-corrected chi connectivity index (χ3v) is 3.32. The van der Waals surface area contributed by atoms with Gasteiger partial charge in [0.1, 0.15) is 0 Å². The maximum atomic E-state index is 11.8. The maximum absolute atomic E-state index is 11.8. The molecule has 3 N–H and O–H groups in total. The first-order valence-corrected chi connectivity index (χ1v) is 7.04. The van der Waals surface area contributed by atoms with Crippen LogP contribution in [-0.2, 0) is 4.79 Å². The van der Waals surface area contributed by atoms with Gasteiger partial charge in [0.2, 0.25) is 5.91 Å². The fraction of sp³-hybridized carbons (Fsp3) is 0.133. The molecule has 2 aromatic carbocycles. The van der Waals surface area contributed by atoms with E-state index in [1.807, 2.05) is 0 Å². The van der Waals surface area contributed by atoms with Crippen molar-refractivity contribution in [1.82, 2.24) is 0 Å². The first kappa shape index (κ1) is 15.5. The number of benzene rings is 2. The standard InChI is InChI=1S/C15H14Cl2N2O2/c16-10-4-3-5-11(17)15(10)21-9-8-14(20)19-13-7-2-1-6-12(13)18/h1-7H,8-9,18H2,(H,19,20). The average Bonchev–Trinajstić information content (AvgIpc) is 2.45. The highest BCUT2D eigenvalue weighted by atomic mass is 35.5. The van der Waals surface area contributed by atoms with Gasteiger partial charge < -0.3 is 15.8 Å².